The minimum absolute atomic E-state index is 0.00356. The number of aliphatic hydroxyl groups excluding tert-OH is 2. The Bertz CT molecular complexity index is 2700. The normalized spacial score (nSPS) is 21.4. The molecule has 2 aromatic carbocycles. The second-order valence-corrected chi connectivity index (χ2v) is 20.2. The average molecular weight is 938 g/mol. The topological polar surface area (TPSA) is 216 Å². The summed E-state index contributed by atoms with van der Waals surface area (Å²) in [7, 11) is 0. The molecule has 5 aromatic rings. The Labute approximate surface area is 402 Å². The lowest BCUT2D eigenvalue weighted by Gasteiger charge is -2.42. The van der Waals surface area contributed by atoms with E-state index in [9.17, 15) is 29.7 Å². The SMILES string of the molecule is C#Cc1ccc([C@H](C)NC(=O)[C@@H]2C[C@@H](O)CN2C(=O)[C@@H](NC(=O)N2CCC(N3CCC(c4cnc(N5CCc6[nH]c7nnc(-c8ccccc8O)cc7c6[C@H]5CO)nc4)CC3)CC2)C(C)(C)C)cc1. The van der Waals surface area contributed by atoms with Gasteiger partial charge in [-0.05, 0) is 98.5 Å². The Hall–Kier alpha value is -6.61. The van der Waals surface area contributed by atoms with E-state index in [1.54, 1.807) is 23.1 Å². The molecule has 0 bridgehead atoms. The number of carbonyl (C=O) groups is 3. The van der Waals surface area contributed by atoms with Crippen molar-refractivity contribution in [3.63, 3.8) is 0 Å². The molecule has 4 aliphatic rings. The van der Waals surface area contributed by atoms with Gasteiger partial charge in [-0.3, -0.25) is 9.59 Å². The summed E-state index contributed by atoms with van der Waals surface area (Å²) in [4.78, 5) is 62.6. The lowest BCUT2D eigenvalue weighted by Crippen LogP contribution is -2.60. The van der Waals surface area contributed by atoms with Gasteiger partial charge in [-0.25, -0.2) is 14.8 Å². The molecular formula is C52H63N11O6. The number of β-amino-alcohol motifs (C(OH)–C–C–N with tert-alkyl or cyclic N) is 1. The molecule has 9 rings (SSSR count). The lowest BCUT2D eigenvalue weighted by atomic mass is 9.85. The van der Waals surface area contributed by atoms with Gasteiger partial charge in [0.25, 0.3) is 0 Å². The van der Waals surface area contributed by atoms with Gasteiger partial charge < -0.3 is 50.5 Å². The van der Waals surface area contributed by atoms with Gasteiger partial charge in [-0.1, -0.05) is 51.0 Å². The highest BCUT2D eigenvalue weighted by molar-refractivity contribution is 5.93. The fourth-order valence-corrected chi connectivity index (χ4v) is 10.8. The standard InChI is InChI=1S/C52H63N11O6/c1-6-32-11-13-33(14-12-32)31(2)55-48(67)42-25-37(65)29-63(42)49(68)46(52(3,4)5)57-51(69)61-22-17-36(18-23-61)60-20-15-34(16-21-60)35-27-53-50(54-28-35)62-24-19-40-45(43(62)30-64)39-26-41(58-59-47(39)56-40)38-9-7-8-10-44(38)66/h1,7-14,26-28,31,34,36-37,42-43,46,64-66H,15-25,29-30H2,2-5H3,(H,55,67)(H,56,59)(H,57,69)/t31-,37+,42-,43+,46+/m0/s1. The number of benzene rings is 2. The zero-order chi connectivity index (χ0) is 48.6. The summed E-state index contributed by atoms with van der Waals surface area (Å²) >= 11 is 0. The predicted molar refractivity (Wildman–Crippen MR) is 261 cm³/mol. The molecule has 17 heteroatoms. The average Bonchev–Trinajstić information content (AvgIpc) is 3.95. The third-order valence-corrected chi connectivity index (χ3v) is 14.7. The van der Waals surface area contributed by atoms with Crippen LogP contribution in [-0.4, -0.2) is 143 Å². The van der Waals surface area contributed by atoms with Crippen LogP contribution in [0.15, 0.2) is 67.0 Å². The number of aromatic nitrogens is 5. The van der Waals surface area contributed by atoms with E-state index >= 15 is 0 Å². The van der Waals surface area contributed by atoms with E-state index in [1.165, 1.54) is 4.90 Å². The van der Waals surface area contributed by atoms with E-state index in [1.807, 2.05) is 76.5 Å². The number of likely N-dealkylation sites (tertiary alicyclic amines) is 3. The Morgan fingerprint density at radius 1 is 0.942 bits per heavy atom. The highest BCUT2D eigenvalue weighted by Gasteiger charge is 2.45. The Balaban J connectivity index is 0.770. The number of nitrogens with zero attached hydrogens (tertiary/aromatic N) is 8. The number of aromatic hydroxyl groups is 1. The van der Waals surface area contributed by atoms with Gasteiger partial charge in [0, 0.05) is 85.2 Å². The van der Waals surface area contributed by atoms with Gasteiger partial charge in [-0.15, -0.1) is 16.6 Å². The van der Waals surface area contributed by atoms with Crippen LogP contribution in [-0.2, 0) is 16.0 Å². The molecule has 3 saturated heterocycles. The van der Waals surface area contributed by atoms with Gasteiger partial charge in [0.15, 0.2) is 5.65 Å². The van der Waals surface area contributed by atoms with Crippen molar-refractivity contribution < 1.29 is 29.7 Å². The molecule has 17 nitrogen and oxygen atoms in total. The largest absolute Gasteiger partial charge is 0.507 e. The molecule has 4 aliphatic heterocycles. The van der Waals surface area contributed by atoms with Gasteiger partial charge in [-0.2, -0.15) is 0 Å². The molecule has 3 aromatic heterocycles. The number of fused-ring (bicyclic) bond motifs is 3. The number of amides is 4. The number of anilines is 1. The van der Waals surface area contributed by atoms with E-state index in [0.717, 1.165) is 72.1 Å². The van der Waals surface area contributed by atoms with Crippen LogP contribution in [0.1, 0.15) is 106 Å². The van der Waals surface area contributed by atoms with Gasteiger partial charge in [0.2, 0.25) is 17.8 Å². The van der Waals surface area contributed by atoms with Crippen LogP contribution in [0.25, 0.3) is 22.3 Å². The zero-order valence-corrected chi connectivity index (χ0v) is 39.8. The first-order valence-electron chi connectivity index (χ1n) is 24.2. The minimum Gasteiger partial charge on any atom is -0.507 e. The van der Waals surface area contributed by atoms with Crippen LogP contribution in [0.5, 0.6) is 5.75 Å². The number of para-hydroxylation sites is 1. The van der Waals surface area contributed by atoms with E-state index in [0.29, 0.717) is 60.9 Å². The Morgan fingerprint density at radius 2 is 1.65 bits per heavy atom. The number of aromatic amines is 1. The molecule has 0 saturated carbocycles. The number of phenols is 1. The first kappa shape index (κ1) is 47.5. The molecule has 0 unspecified atom stereocenters. The molecule has 69 heavy (non-hydrogen) atoms. The van der Waals surface area contributed by atoms with Crippen LogP contribution in [0.2, 0.25) is 0 Å². The fraction of sp³-hybridized carbons (Fsp3) is 0.481. The summed E-state index contributed by atoms with van der Waals surface area (Å²) in [6.07, 6.45) is 12.9. The monoisotopic (exact) mass is 937 g/mol. The number of H-pyrrole nitrogens is 1. The van der Waals surface area contributed by atoms with Crippen molar-refractivity contribution in [3.05, 3.63) is 94.9 Å². The van der Waals surface area contributed by atoms with Crippen molar-refractivity contribution >= 4 is 34.8 Å². The smallest absolute Gasteiger partial charge is 0.318 e. The van der Waals surface area contributed by atoms with Crippen molar-refractivity contribution in [2.75, 3.05) is 50.8 Å². The van der Waals surface area contributed by atoms with Crippen LogP contribution < -0.4 is 15.5 Å². The van der Waals surface area contributed by atoms with Gasteiger partial charge in [0.1, 0.15) is 17.8 Å². The number of terminal acetylenes is 1. The third kappa shape index (κ3) is 9.83. The summed E-state index contributed by atoms with van der Waals surface area (Å²) in [5.41, 5.74) is 5.72. The molecule has 3 fully saturated rings. The highest BCUT2D eigenvalue weighted by Crippen LogP contribution is 2.39. The van der Waals surface area contributed by atoms with Crippen LogP contribution in [0.3, 0.4) is 0 Å². The number of nitrogens with one attached hydrogen (secondary N) is 3. The van der Waals surface area contributed by atoms with E-state index in [4.69, 9.17) is 16.4 Å². The van der Waals surface area contributed by atoms with Crippen LogP contribution >= 0.6 is 0 Å². The highest BCUT2D eigenvalue weighted by atomic mass is 16.3. The zero-order valence-electron chi connectivity index (χ0n) is 39.8. The van der Waals surface area contributed by atoms with Crippen molar-refractivity contribution in [1.82, 2.24) is 50.5 Å². The molecule has 0 radical (unpaired) electrons. The fourth-order valence-electron chi connectivity index (χ4n) is 10.8. The molecule has 362 valence electrons. The summed E-state index contributed by atoms with van der Waals surface area (Å²) in [5, 5.41) is 47.6. The number of piperidine rings is 2. The maximum Gasteiger partial charge on any atom is 0.318 e. The second kappa shape index (κ2) is 19.8. The van der Waals surface area contributed by atoms with Crippen molar-refractivity contribution in [3.8, 4) is 29.4 Å². The van der Waals surface area contributed by atoms with Crippen LogP contribution in [0, 0.1) is 17.8 Å². The van der Waals surface area contributed by atoms with Gasteiger partial charge >= 0.3 is 6.03 Å². The van der Waals surface area contributed by atoms with Crippen LogP contribution in [0.4, 0.5) is 10.7 Å². The Morgan fingerprint density at radius 3 is 2.32 bits per heavy atom. The first-order valence-corrected chi connectivity index (χ1v) is 24.2. The third-order valence-electron chi connectivity index (χ3n) is 14.7. The molecule has 4 amide bonds. The lowest BCUT2D eigenvalue weighted by molar-refractivity contribution is -0.142. The van der Waals surface area contributed by atoms with E-state index in [2.05, 4.69) is 41.5 Å². The summed E-state index contributed by atoms with van der Waals surface area (Å²) in [6.45, 7) is 11.0. The number of hydrogen-bond acceptors (Lipinski definition) is 12. The summed E-state index contributed by atoms with van der Waals surface area (Å²) in [5.74, 6) is 2.83. The Kier molecular flexibility index (Phi) is 13.6. The van der Waals surface area contributed by atoms with E-state index in [-0.39, 0.29) is 43.3 Å². The van der Waals surface area contributed by atoms with E-state index < -0.39 is 35.6 Å². The molecule has 0 spiro atoms. The maximum atomic E-state index is 14.3. The maximum absolute atomic E-state index is 14.3. The minimum atomic E-state index is -0.918. The summed E-state index contributed by atoms with van der Waals surface area (Å²) in [6, 6.07) is 13.8. The quantitative estimate of drug-likeness (QED) is 0.104. The molecule has 5 atom stereocenters. The van der Waals surface area contributed by atoms with Gasteiger partial charge in [0.05, 0.1) is 30.5 Å². The number of rotatable bonds is 10. The predicted octanol–water partition coefficient (Wildman–Crippen LogP) is 4.81. The molecule has 7 heterocycles. The van der Waals surface area contributed by atoms with Crippen molar-refractivity contribution in [1.29, 1.82) is 0 Å². The molecule has 0 aliphatic carbocycles. The second-order valence-electron chi connectivity index (χ2n) is 20.2. The molecular weight excluding hydrogens is 875 g/mol. The first-order chi connectivity index (χ1) is 33.2. The number of phenolic OH excluding ortho intramolecular Hbond substituents is 1. The van der Waals surface area contributed by atoms with Crippen molar-refractivity contribution in [2.24, 2.45) is 5.41 Å². The summed E-state index contributed by atoms with van der Waals surface area (Å²) < 4.78 is 0. The number of urea groups is 1. The number of carbonyl (C=O) groups excluding carboxylic acids is 3. The number of aliphatic hydroxyl groups is 2. The molecule has 6 N–H and O–H groups in total. The van der Waals surface area contributed by atoms with Crippen molar-refractivity contribution in [2.45, 2.75) is 108 Å². The number of hydrogen-bond donors (Lipinski definition) is 6.